The predicted octanol–water partition coefficient (Wildman–Crippen LogP) is 0.521. The van der Waals surface area contributed by atoms with Crippen molar-refractivity contribution in [3.05, 3.63) is 35.4 Å². The lowest BCUT2D eigenvalue weighted by molar-refractivity contribution is -0.121. The summed E-state index contributed by atoms with van der Waals surface area (Å²) in [5.74, 6) is -0.519. The second-order valence-corrected chi connectivity index (χ2v) is 3.31. The summed E-state index contributed by atoms with van der Waals surface area (Å²) in [6.45, 7) is 0. The maximum Gasteiger partial charge on any atom is 0.318 e. The van der Waals surface area contributed by atoms with Gasteiger partial charge in [0.25, 0.3) is 0 Å². The van der Waals surface area contributed by atoms with Gasteiger partial charge < -0.3 is 5.73 Å². The van der Waals surface area contributed by atoms with Crippen LogP contribution in [0.25, 0.3) is 0 Å². The van der Waals surface area contributed by atoms with Crippen LogP contribution in [0.3, 0.4) is 0 Å². The van der Waals surface area contributed by atoms with Gasteiger partial charge in [-0.1, -0.05) is 24.3 Å². The number of amides is 3. The van der Waals surface area contributed by atoms with Crippen molar-refractivity contribution < 1.29 is 9.59 Å². The maximum absolute atomic E-state index is 11.4. The third-order valence-electron chi connectivity index (χ3n) is 2.42. The van der Waals surface area contributed by atoms with Gasteiger partial charge in [-0.2, -0.15) is 0 Å². The Hall–Kier alpha value is -1.84. The monoisotopic (exact) mass is 190 g/mol. The molecule has 0 heterocycles. The zero-order valence-corrected chi connectivity index (χ0v) is 7.49. The van der Waals surface area contributed by atoms with Gasteiger partial charge in [0.2, 0.25) is 5.91 Å². The fraction of sp³-hybridized carbons (Fsp3) is 0.200. The van der Waals surface area contributed by atoms with E-state index in [2.05, 4.69) is 5.32 Å². The molecule has 0 radical (unpaired) electrons. The fourth-order valence-electron chi connectivity index (χ4n) is 1.70. The molecule has 0 aliphatic heterocycles. The summed E-state index contributed by atoms with van der Waals surface area (Å²) in [5, 5.41) is 2.09. The Kier molecular flexibility index (Phi) is 1.96. The quantitative estimate of drug-likeness (QED) is 0.677. The molecule has 4 heteroatoms. The molecule has 1 atom stereocenters. The van der Waals surface area contributed by atoms with E-state index in [1.807, 2.05) is 24.3 Å². The predicted molar refractivity (Wildman–Crippen MR) is 50.6 cm³/mol. The fourth-order valence-corrected chi connectivity index (χ4v) is 1.70. The zero-order valence-electron chi connectivity index (χ0n) is 7.49. The number of hydrogen-bond donors (Lipinski definition) is 2. The van der Waals surface area contributed by atoms with Gasteiger partial charge in [0.15, 0.2) is 0 Å². The molecule has 0 bridgehead atoms. The number of nitrogens with two attached hydrogens (primary N) is 1. The van der Waals surface area contributed by atoms with Crippen LogP contribution in [0.4, 0.5) is 4.79 Å². The molecule has 1 aliphatic rings. The average Bonchev–Trinajstić information content (AvgIpc) is 2.05. The maximum atomic E-state index is 11.4. The van der Waals surface area contributed by atoms with E-state index in [0.29, 0.717) is 6.42 Å². The molecule has 1 unspecified atom stereocenters. The van der Waals surface area contributed by atoms with Crippen LogP contribution in [0.5, 0.6) is 0 Å². The molecule has 1 aliphatic carbocycles. The summed E-state index contributed by atoms with van der Waals surface area (Å²) in [5.41, 5.74) is 7.01. The van der Waals surface area contributed by atoms with E-state index < -0.39 is 6.03 Å². The molecule has 2 rings (SSSR count). The number of carbonyl (C=O) groups excluding carboxylic acids is 2. The Morgan fingerprint density at radius 1 is 1.36 bits per heavy atom. The number of nitrogens with one attached hydrogen (secondary N) is 1. The highest BCUT2D eigenvalue weighted by atomic mass is 16.2. The molecule has 0 spiro atoms. The molecule has 0 fully saturated rings. The van der Waals surface area contributed by atoms with Crippen molar-refractivity contribution in [2.45, 2.75) is 12.3 Å². The molecule has 14 heavy (non-hydrogen) atoms. The third-order valence-corrected chi connectivity index (χ3v) is 2.42. The number of benzene rings is 1. The molecule has 0 saturated heterocycles. The van der Waals surface area contributed by atoms with Gasteiger partial charge in [-0.05, 0) is 17.5 Å². The summed E-state index contributed by atoms with van der Waals surface area (Å²) >= 11 is 0. The molecule has 4 nitrogen and oxygen atoms in total. The third kappa shape index (κ3) is 1.35. The van der Waals surface area contributed by atoms with E-state index in [9.17, 15) is 9.59 Å². The number of hydrogen-bond acceptors (Lipinski definition) is 2. The van der Waals surface area contributed by atoms with Crippen LogP contribution in [-0.4, -0.2) is 11.9 Å². The molecule has 0 aromatic heterocycles. The van der Waals surface area contributed by atoms with Gasteiger partial charge in [-0.15, -0.1) is 0 Å². The Balaban J connectivity index is 2.12. The second-order valence-electron chi connectivity index (χ2n) is 3.31. The minimum atomic E-state index is -0.792. The molecule has 3 amide bonds. The molecule has 1 aromatic rings. The summed E-state index contributed by atoms with van der Waals surface area (Å²) in [4.78, 5) is 21.8. The molecule has 3 N–H and O–H groups in total. The minimum Gasteiger partial charge on any atom is -0.351 e. The molecular formula is C10H10N2O2. The van der Waals surface area contributed by atoms with E-state index >= 15 is 0 Å². The highest BCUT2D eigenvalue weighted by Crippen LogP contribution is 2.34. The lowest BCUT2D eigenvalue weighted by Gasteiger charge is -2.28. The SMILES string of the molecule is NC(=O)NC(=O)C1Cc2ccccc21. The van der Waals surface area contributed by atoms with E-state index in [0.717, 1.165) is 11.1 Å². The van der Waals surface area contributed by atoms with Gasteiger partial charge in [-0.25, -0.2) is 4.79 Å². The van der Waals surface area contributed by atoms with Crippen molar-refractivity contribution in [3.8, 4) is 0 Å². The van der Waals surface area contributed by atoms with Crippen LogP contribution >= 0.6 is 0 Å². The summed E-state index contributed by atoms with van der Waals surface area (Å²) in [6, 6.07) is 6.89. The minimum absolute atomic E-state index is 0.210. The molecular weight excluding hydrogens is 180 g/mol. The Morgan fingerprint density at radius 2 is 2.07 bits per heavy atom. The first-order chi connectivity index (χ1) is 6.68. The van der Waals surface area contributed by atoms with Crippen molar-refractivity contribution in [1.82, 2.24) is 5.32 Å². The molecule has 72 valence electrons. The highest BCUT2D eigenvalue weighted by molar-refractivity contribution is 5.98. The first-order valence-electron chi connectivity index (χ1n) is 4.36. The van der Waals surface area contributed by atoms with Crippen LogP contribution < -0.4 is 11.1 Å². The van der Waals surface area contributed by atoms with Crippen molar-refractivity contribution in [1.29, 1.82) is 0 Å². The number of fused-ring (bicyclic) bond motifs is 1. The summed E-state index contributed by atoms with van der Waals surface area (Å²) in [6.07, 6.45) is 0.690. The van der Waals surface area contributed by atoms with E-state index in [4.69, 9.17) is 5.73 Å². The van der Waals surface area contributed by atoms with Crippen LogP contribution in [0, 0.1) is 0 Å². The first kappa shape index (κ1) is 8.74. The number of primary amides is 1. The zero-order chi connectivity index (χ0) is 10.1. The van der Waals surface area contributed by atoms with Crippen LogP contribution in [0.15, 0.2) is 24.3 Å². The van der Waals surface area contributed by atoms with Crippen LogP contribution in [0.2, 0.25) is 0 Å². The Morgan fingerprint density at radius 3 is 2.71 bits per heavy atom. The average molecular weight is 190 g/mol. The van der Waals surface area contributed by atoms with Gasteiger partial charge >= 0.3 is 6.03 Å². The van der Waals surface area contributed by atoms with Gasteiger partial charge in [0, 0.05) is 0 Å². The van der Waals surface area contributed by atoms with Crippen molar-refractivity contribution >= 4 is 11.9 Å². The number of rotatable bonds is 1. The van der Waals surface area contributed by atoms with E-state index in [-0.39, 0.29) is 11.8 Å². The van der Waals surface area contributed by atoms with Crippen LogP contribution in [0.1, 0.15) is 17.0 Å². The van der Waals surface area contributed by atoms with Crippen molar-refractivity contribution in [3.63, 3.8) is 0 Å². The van der Waals surface area contributed by atoms with Crippen molar-refractivity contribution in [2.75, 3.05) is 0 Å². The topological polar surface area (TPSA) is 72.2 Å². The smallest absolute Gasteiger partial charge is 0.318 e. The van der Waals surface area contributed by atoms with Crippen molar-refractivity contribution in [2.24, 2.45) is 5.73 Å². The van der Waals surface area contributed by atoms with Gasteiger partial charge in [0.05, 0.1) is 5.92 Å². The first-order valence-corrected chi connectivity index (χ1v) is 4.36. The largest absolute Gasteiger partial charge is 0.351 e. The molecule has 1 aromatic carbocycles. The normalized spacial score (nSPS) is 17.9. The Labute approximate surface area is 81.1 Å². The van der Waals surface area contributed by atoms with Gasteiger partial charge in [0.1, 0.15) is 0 Å². The van der Waals surface area contributed by atoms with Gasteiger partial charge in [-0.3, -0.25) is 10.1 Å². The number of carbonyl (C=O) groups is 2. The Bertz CT molecular complexity index is 401. The molecule has 0 saturated carbocycles. The lowest BCUT2D eigenvalue weighted by Crippen LogP contribution is -2.41. The highest BCUT2D eigenvalue weighted by Gasteiger charge is 2.31. The standard InChI is InChI=1S/C10H10N2O2/c11-10(14)12-9(13)8-5-6-3-1-2-4-7(6)8/h1-4,8H,5H2,(H3,11,12,13,14). The number of urea groups is 1. The summed E-state index contributed by atoms with van der Waals surface area (Å²) < 4.78 is 0. The number of imide groups is 1. The van der Waals surface area contributed by atoms with Crippen LogP contribution in [-0.2, 0) is 11.2 Å². The van der Waals surface area contributed by atoms with E-state index in [1.54, 1.807) is 0 Å². The van der Waals surface area contributed by atoms with E-state index in [1.165, 1.54) is 0 Å². The lowest BCUT2D eigenvalue weighted by atomic mass is 9.77. The summed E-state index contributed by atoms with van der Waals surface area (Å²) in [7, 11) is 0. The second kappa shape index (κ2) is 3.14.